The molecule has 0 saturated carbocycles. The molecular formula is C13H18N2O3. The molecule has 0 bridgehead atoms. The largest absolute Gasteiger partial charge is 0.484 e. The third kappa shape index (κ3) is 3.45. The Morgan fingerprint density at radius 2 is 2.17 bits per heavy atom. The Labute approximate surface area is 106 Å². The van der Waals surface area contributed by atoms with E-state index in [1.54, 1.807) is 7.11 Å². The van der Waals surface area contributed by atoms with Crippen LogP contribution in [-0.2, 0) is 9.53 Å². The van der Waals surface area contributed by atoms with E-state index >= 15 is 0 Å². The Hall–Kier alpha value is -1.59. The minimum atomic E-state index is -0.130. The summed E-state index contributed by atoms with van der Waals surface area (Å²) in [5, 5.41) is 6.07. The number of carbonyl (C=O) groups is 1. The molecule has 1 heterocycles. The zero-order chi connectivity index (χ0) is 12.8. The summed E-state index contributed by atoms with van der Waals surface area (Å²) in [5.74, 6) is 0.565. The van der Waals surface area contributed by atoms with Gasteiger partial charge < -0.3 is 20.1 Å². The molecule has 1 aliphatic heterocycles. The first-order valence-corrected chi connectivity index (χ1v) is 6.00. The van der Waals surface area contributed by atoms with E-state index in [-0.39, 0.29) is 24.7 Å². The zero-order valence-electron chi connectivity index (χ0n) is 10.4. The van der Waals surface area contributed by atoms with Crippen LogP contribution in [0.5, 0.6) is 5.75 Å². The van der Waals surface area contributed by atoms with E-state index in [1.807, 2.05) is 30.3 Å². The number of hydrogen-bond donors (Lipinski definition) is 2. The summed E-state index contributed by atoms with van der Waals surface area (Å²) in [7, 11) is 1.65. The molecule has 1 aromatic carbocycles. The van der Waals surface area contributed by atoms with Gasteiger partial charge in [-0.15, -0.1) is 0 Å². The van der Waals surface area contributed by atoms with Crippen molar-refractivity contribution in [3.63, 3.8) is 0 Å². The molecular weight excluding hydrogens is 232 g/mol. The van der Waals surface area contributed by atoms with E-state index in [0.717, 1.165) is 13.1 Å². The van der Waals surface area contributed by atoms with E-state index in [0.29, 0.717) is 5.75 Å². The second-order valence-corrected chi connectivity index (χ2v) is 4.21. The van der Waals surface area contributed by atoms with Gasteiger partial charge in [0.05, 0.1) is 12.1 Å². The standard InChI is InChI=1S/C13H18N2O3/c1-17-12-8-14-7-11(12)15-13(16)9-18-10-5-3-2-4-6-10/h2-6,11-12,14H,7-9H2,1H3,(H,15,16)/t11?,12-/m0/s1. The lowest BCUT2D eigenvalue weighted by atomic mass is 10.2. The number of para-hydroxylation sites is 1. The van der Waals surface area contributed by atoms with Crippen LogP contribution in [0.2, 0.25) is 0 Å². The van der Waals surface area contributed by atoms with Crippen LogP contribution in [0, 0.1) is 0 Å². The number of hydrogen-bond acceptors (Lipinski definition) is 4. The summed E-state index contributed by atoms with van der Waals surface area (Å²) in [6, 6.07) is 9.30. The fourth-order valence-electron chi connectivity index (χ4n) is 1.96. The average molecular weight is 250 g/mol. The number of carbonyl (C=O) groups excluding carboxylic acids is 1. The van der Waals surface area contributed by atoms with Crippen LogP contribution >= 0.6 is 0 Å². The highest BCUT2D eigenvalue weighted by Crippen LogP contribution is 2.08. The van der Waals surface area contributed by atoms with Gasteiger partial charge in [0.2, 0.25) is 0 Å². The average Bonchev–Trinajstić information content (AvgIpc) is 2.85. The molecule has 1 fully saturated rings. The molecule has 5 heteroatoms. The third-order valence-electron chi connectivity index (χ3n) is 2.92. The minimum Gasteiger partial charge on any atom is -0.484 e. The number of methoxy groups -OCH3 is 1. The maximum atomic E-state index is 11.7. The van der Waals surface area contributed by atoms with Gasteiger partial charge in [0.15, 0.2) is 6.61 Å². The second-order valence-electron chi connectivity index (χ2n) is 4.21. The van der Waals surface area contributed by atoms with Crippen molar-refractivity contribution >= 4 is 5.91 Å². The normalized spacial score (nSPS) is 22.7. The number of ether oxygens (including phenoxy) is 2. The van der Waals surface area contributed by atoms with Crippen molar-refractivity contribution < 1.29 is 14.3 Å². The first-order valence-electron chi connectivity index (χ1n) is 6.00. The van der Waals surface area contributed by atoms with E-state index in [2.05, 4.69) is 10.6 Å². The van der Waals surface area contributed by atoms with Crippen molar-refractivity contribution in [1.82, 2.24) is 10.6 Å². The van der Waals surface area contributed by atoms with Gasteiger partial charge in [-0.3, -0.25) is 4.79 Å². The van der Waals surface area contributed by atoms with Gasteiger partial charge in [-0.1, -0.05) is 18.2 Å². The minimum absolute atomic E-state index is 0.0156. The number of benzene rings is 1. The lowest BCUT2D eigenvalue weighted by Crippen LogP contribution is -2.45. The molecule has 2 N–H and O–H groups in total. The Bertz CT molecular complexity index is 383. The van der Waals surface area contributed by atoms with Crippen molar-refractivity contribution in [2.75, 3.05) is 26.8 Å². The predicted octanol–water partition coefficient (Wildman–Crippen LogP) is 0.168. The Balaban J connectivity index is 1.75. The van der Waals surface area contributed by atoms with E-state index in [9.17, 15) is 4.79 Å². The molecule has 1 saturated heterocycles. The van der Waals surface area contributed by atoms with Gasteiger partial charge in [0, 0.05) is 20.2 Å². The summed E-state index contributed by atoms with van der Waals surface area (Å²) in [5.41, 5.74) is 0. The maximum absolute atomic E-state index is 11.7. The molecule has 0 spiro atoms. The Kier molecular flexibility index (Phi) is 4.55. The Morgan fingerprint density at radius 1 is 1.39 bits per heavy atom. The smallest absolute Gasteiger partial charge is 0.258 e. The fraction of sp³-hybridized carbons (Fsp3) is 0.462. The SMILES string of the molecule is CO[C@H]1CNCC1NC(=O)COc1ccccc1. The van der Waals surface area contributed by atoms with Gasteiger partial charge in [-0.2, -0.15) is 0 Å². The van der Waals surface area contributed by atoms with Gasteiger partial charge in [-0.05, 0) is 12.1 Å². The molecule has 1 aliphatic rings. The lowest BCUT2D eigenvalue weighted by Gasteiger charge is -2.18. The van der Waals surface area contributed by atoms with Crippen LogP contribution in [0.1, 0.15) is 0 Å². The monoisotopic (exact) mass is 250 g/mol. The topological polar surface area (TPSA) is 59.6 Å². The zero-order valence-corrected chi connectivity index (χ0v) is 10.4. The number of nitrogens with one attached hydrogen (secondary N) is 2. The summed E-state index contributed by atoms with van der Waals surface area (Å²) >= 11 is 0. The highest BCUT2D eigenvalue weighted by Gasteiger charge is 2.28. The summed E-state index contributed by atoms with van der Waals surface area (Å²) in [4.78, 5) is 11.7. The molecule has 0 aromatic heterocycles. The van der Waals surface area contributed by atoms with E-state index in [1.165, 1.54) is 0 Å². The first kappa shape index (κ1) is 12.9. The molecule has 5 nitrogen and oxygen atoms in total. The van der Waals surface area contributed by atoms with Crippen molar-refractivity contribution in [3.8, 4) is 5.75 Å². The predicted molar refractivity (Wildman–Crippen MR) is 67.5 cm³/mol. The van der Waals surface area contributed by atoms with Crippen LogP contribution in [0.3, 0.4) is 0 Å². The van der Waals surface area contributed by atoms with Crippen molar-refractivity contribution in [2.24, 2.45) is 0 Å². The highest BCUT2D eigenvalue weighted by molar-refractivity contribution is 5.78. The second kappa shape index (κ2) is 6.37. The van der Waals surface area contributed by atoms with Crippen LogP contribution < -0.4 is 15.4 Å². The molecule has 2 atom stereocenters. The molecule has 1 unspecified atom stereocenters. The van der Waals surface area contributed by atoms with Gasteiger partial charge in [-0.25, -0.2) is 0 Å². The molecule has 98 valence electrons. The maximum Gasteiger partial charge on any atom is 0.258 e. The summed E-state index contributed by atoms with van der Waals surface area (Å²) in [6.45, 7) is 1.52. The molecule has 0 radical (unpaired) electrons. The molecule has 2 rings (SSSR count). The summed E-state index contributed by atoms with van der Waals surface area (Å²) in [6.07, 6.45) is 0.0330. The van der Waals surface area contributed by atoms with Crippen molar-refractivity contribution in [3.05, 3.63) is 30.3 Å². The third-order valence-corrected chi connectivity index (χ3v) is 2.92. The first-order chi connectivity index (χ1) is 8.79. The van der Waals surface area contributed by atoms with E-state index < -0.39 is 0 Å². The lowest BCUT2D eigenvalue weighted by molar-refractivity contribution is -0.124. The van der Waals surface area contributed by atoms with Gasteiger partial charge in [0.25, 0.3) is 5.91 Å². The quantitative estimate of drug-likeness (QED) is 0.782. The van der Waals surface area contributed by atoms with Crippen LogP contribution in [0.15, 0.2) is 30.3 Å². The molecule has 1 amide bonds. The van der Waals surface area contributed by atoms with Gasteiger partial charge >= 0.3 is 0 Å². The van der Waals surface area contributed by atoms with E-state index in [4.69, 9.17) is 9.47 Å². The molecule has 1 aromatic rings. The van der Waals surface area contributed by atoms with Crippen LogP contribution in [0.25, 0.3) is 0 Å². The van der Waals surface area contributed by atoms with Gasteiger partial charge in [0.1, 0.15) is 5.75 Å². The number of rotatable bonds is 5. The highest BCUT2D eigenvalue weighted by atomic mass is 16.5. The van der Waals surface area contributed by atoms with Crippen molar-refractivity contribution in [2.45, 2.75) is 12.1 Å². The van der Waals surface area contributed by atoms with Crippen molar-refractivity contribution in [1.29, 1.82) is 0 Å². The van der Waals surface area contributed by atoms with Crippen LogP contribution in [0.4, 0.5) is 0 Å². The number of amides is 1. The molecule has 0 aliphatic carbocycles. The summed E-state index contributed by atoms with van der Waals surface area (Å²) < 4.78 is 10.6. The van der Waals surface area contributed by atoms with Crippen LogP contribution in [-0.4, -0.2) is 44.9 Å². The molecule has 18 heavy (non-hydrogen) atoms. The Morgan fingerprint density at radius 3 is 2.89 bits per heavy atom. The fourth-order valence-corrected chi connectivity index (χ4v) is 1.96.